The normalized spacial score (nSPS) is 22.5. The molecule has 0 saturated heterocycles. The van der Waals surface area contributed by atoms with Gasteiger partial charge in [-0.05, 0) is 54.6 Å². The van der Waals surface area contributed by atoms with Gasteiger partial charge < -0.3 is 14.6 Å². The smallest absolute Gasteiger partial charge is 0.369 e. The number of rotatable bonds is 9. The Labute approximate surface area is 235 Å². The molecule has 0 aliphatic heterocycles. The molecule has 1 aliphatic carbocycles. The van der Waals surface area contributed by atoms with Gasteiger partial charge in [0.05, 0.1) is 6.10 Å². The highest BCUT2D eigenvalue weighted by Gasteiger charge is 2.75. The number of hydrogen-bond donors (Lipinski definition) is 1. The average Bonchev–Trinajstić information content (AvgIpc) is 2.82. The summed E-state index contributed by atoms with van der Waals surface area (Å²) in [6, 6.07) is -0.303. The Morgan fingerprint density at radius 1 is 0.786 bits per heavy atom. The van der Waals surface area contributed by atoms with E-state index in [1.165, 1.54) is 13.8 Å². The van der Waals surface area contributed by atoms with Gasteiger partial charge in [-0.3, -0.25) is 0 Å². The van der Waals surface area contributed by atoms with Crippen LogP contribution >= 0.6 is 0 Å². The number of alkyl halides is 12. The van der Waals surface area contributed by atoms with Gasteiger partial charge in [0, 0.05) is 11.1 Å². The van der Waals surface area contributed by atoms with E-state index in [-0.39, 0.29) is 42.7 Å². The van der Waals surface area contributed by atoms with Gasteiger partial charge in [-0.15, -0.1) is 0 Å². The van der Waals surface area contributed by atoms with Crippen molar-refractivity contribution in [3.8, 4) is 0 Å². The highest BCUT2D eigenvalue weighted by atomic mass is 19.4. The van der Waals surface area contributed by atoms with Crippen molar-refractivity contribution in [1.29, 1.82) is 0 Å². The van der Waals surface area contributed by atoms with E-state index in [2.05, 4.69) is 4.74 Å². The predicted octanol–water partition coefficient (Wildman–Crippen LogP) is 9.28. The maximum Gasteiger partial charge on any atom is 0.430 e. The molecule has 4 unspecified atom stereocenters. The lowest BCUT2D eigenvalue weighted by molar-refractivity contribution is -0.404. The summed E-state index contributed by atoms with van der Waals surface area (Å²) in [4.78, 5) is 0. The van der Waals surface area contributed by atoms with Gasteiger partial charge in [-0.25, -0.2) is 0 Å². The van der Waals surface area contributed by atoms with E-state index in [4.69, 9.17) is 4.74 Å². The quantitative estimate of drug-likeness (QED) is 0.217. The predicted molar refractivity (Wildman–Crippen MR) is 127 cm³/mol. The minimum atomic E-state index is -6.57. The van der Waals surface area contributed by atoms with Crippen molar-refractivity contribution < 1.29 is 67.3 Å². The number of halogens is 12. The number of ether oxygens (including phenoxy) is 2. The van der Waals surface area contributed by atoms with Crippen LogP contribution in [0.2, 0.25) is 0 Å². The third kappa shape index (κ3) is 6.82. The zero-order valence-electron chi connectivity index (χ0n) is 23.5. The van der Waals surface area contributed by atoms with Crippen molar-refractivity contribution in [2.75, 3.05) is 6.79 Å². The SMILES string of the molecule is CCC(C)c1cc(C(O)(C(F)(F)F)C(F)(F)F)cc(C(OCOC2CC(C)CCC2C(C)C)(C(F)(F)F)C(F)(F)F)c1. The molecule has 1 fully saturated rings. The maximum absolute atomic E-state index is 14.5. The molecule has 3 nitrogen and oxygen atoms in total. The minimum absolute atomic E-state index is 0.0252. The largest absolute Gasteiger partial charge is 0.430 e. The zero-order valence-corrected chi connectivity index (χ0v) is 23.5. The van der Waals surface area contributed by atoms with Gasteiger partial charge in [0.15, 0.2) is 0 Å². The summed E-state index contributed by atoms with van der Waals surface area (Å²) in [6.45, 7) is 6.31. The molecule has 0 heterocycles. The number of aliphatic hydroxyl groups is 1. The average molecular weight is 635 g/mol. The van der Waals surface area contributed by atoms with Crippen LogP contribution in [-0.4, -0.2) is 42.7 Å². The fourth-order valence-electron chi connectivity index (χ4n) is 5.32. The fraction of sp³-hybridized carbons (Fsp3) is 0.778. The Hall–Kier alpha value is -1.74. The van der Waals surface area contributed by atoms with Crippen LogP contribution < -0.4 is 0 Å². The van der Waals surface area contributed by atoms with E-state index in [1.807, 2.05) is 6.92 Å². The van der Waals surface area contributed by atoms with Crippen LogP contribution in [0.25, 0.3) is 0 Å². The lowest BCUT2D eigenvalue weighted by atomic mass is 9.75. The minimum Gasteiger partial charge on any atom is -0.369 e. The molecule has 1 aliphatic rings. The molecule has 1 aromatic carbocycles. The molecule has 1 N–H and O–H groups in total. The third-order valence-electron chi connectivity index (χ3n) is 8.10. The summed E-state index contributed by atoms with van der Waals surface area (Å²) >= 11 is 0. The van der Waals surface area contributed by atoms with Gasteiger partial charge in [-0.2, -0.15) is 52.7 Å². The second-order valence-corrected chi connectivity index (χ2v) is 11.3. The standard InChI is InChI=1S/C27H34F12O3/c1-6-16(5)17-10-18(22(40,24(28,29)30)25(31,32)33)12-19(11-17)23(26(34,35)36,27(37,38)39)42-13-41-21-9-15(4)7-8-20(21)14(2)3/h10-12,14-16,20-21,40H,6-9,13H2,1-5H3. The van der Waals surface area contributed by atoms with E-state index < -0.39 is 77.5 Å². The second-order valence-electron chi connectivity index (χ2n) is 11.3. The number of hydrogen-bond acceptors (Lipinski definition) is 3. The van der Waals surface area contributed by atoms with Crippen LogP contribution in [0, 0.1) is 17.8 Å². The first kappa shape index (κ1) is 36.5. The maximum atomic E-state index is 14.5. The monoisotopic (exact) mass is 634 g/mol. The van der Waals surface area contributed by atoms with Crippen LogP contribution in [-0.2, 0) is 20.7 Å². The molecule has 1 aromatic rings. The lowest BCUT2D eigenvalue weighted by Gasteiger charge is -2.41. The third-order valence-corrected chi connectivity index (χ3v) is 8.10. The summed E-state index contributed by atoms with van der Waals surface area (Å²) in [5, 5.41) is 9.90. The molecule has 2 rings (SSSR count). The first-order valence-electron chi connectivity index (χ1n) is 13.3. The van der Waals surface area contributed by atoms with Gasteiger partial charge in [-0.1, -0.05) is 53.2 Å². The molecular formula is C27H34F12O3. The topological polar surface area (TPSA) is 38.7 Å². The molecule has 0 amide bonds. The Morgan fingerprint density at radius 2 is 1.29 bits per heavy atom. The zero-order chi connectivity index (χ0) is 32.7. The first-order chi connectivity index (χ1) is 18.8. The van der Waals surface area contributed by atoms with E-state index in [0.717, 1.165) is 6.42 Å². The summed E-state index contributed by atoms with van der Waals surface area (Å²) in [6.07, 6.45) is -25.3. The molecule has 244 valence electrons. The van der Waals surface area contributed by atoms with Crippen molar-refractivity contribution in [2.24, 2.45) is 17.8 Å². The number of benzene rings is 1. The Balaban J connectivity index is 2.81. The molecule has 15 heteroatoms. The summed E-state index contributed by atoms with van der Waals surface area (Å²) in [5.41, 5.74) is -16.3. The van der Waals surface area contributed by atoms with Crippen molar-refractivity contribution in [1.82, 2.24) is 0 Å². The van der Waals surface area contributed by atoms with Gasteiger partial charge >= 0.3 is 24.7 Å². The second kappa shape index (κ2) is 12.3. The van der Waals surface area contributed by atoms with E-state index >= 15 is 0 Å². The van der Waals surface area contributed by atoms with Gasteiger partial charge in [0.25, 0.3) is 11.2 Å². The van der Waals surface area contributed by atoms with Crippen LogP contribution in [0.3, 0.4) is 0 Å². The van der Waals surface area contributed by atoms with Crippen molar-refractivity contribution >= 4 is 0 Å². The van der Waals surface area contributed by atoms with E-state index in [1.54, 1.807) is 13.8 Å². The molecule has 1 saturated carbocycles. The van der Waals surface area contributed by atoms with E-state index in [0.29, 0.717) is 6.42 Å². The summed E-state index contributed by atoms with van der Waals surface area (Å²) in [5.74, 6) is -1.39. The summed E-state index contributed by atoms with van der Waals surface area (Å²) in [7, 11) is 0. The van der Waals surface area contributed by atoms with Crippen molar-refractivity contribution in [3.05, 3.63) is 34.9 Å². The van der Waals surface area contributed by atoms with Crippen LogP contribution in [0.1, 0.15) is 82.9 Å². The molecule has 4 atom stereocenters. The Kier molecular flexibility index (Phi) is 10.7. The van der Waals surface area contributed by atoms with Crippen molar-refractivity contribution in [2.45, 2.75) is 108 Å². The molecule has 0 radical (unpaired) electrons. The first-order valence-corrected chi connectivity index (χ1v) is 13.3. The molecule has 0 spiro atoms. The lowest BCUT2D eigenvalue weighted by Crippen LogP contribution is -2.57. The highest BCUT2D eigenvalue weighted by molar-refractivity contribution is 5.41. The fourth-order valence-corrected chi connectivity index (χ4v) is 5.32. The molecule has 0 aromatic heterocycles. The summed E-state index contributed by atoms with van der Waals surface area (Å²) < 4.78 is 179. The van der Waals surface area contributed by atoms with Crippen molar-refractivity contribution in [3.63, 3.8) is 0 Å². The molecular weight excluding hydrogens is 600 g/mol. The van der Waals surface area contributed by atoms with Gasteiger partial charge in [0.2, 0.25) is 0 Å². The van der Waals surface area contributed by atoms with E-state index in [9.17, 15) is 57.8 Å². The van der Waals surface area contributed by atoms with Crippen LogP contribution in [0.4, 0.5) is 52.7 Å². The Morgan fingerprint density at radius 3 is 1.71 bits per heavy atom. The molecule has 0 bridgehead atoms. The van der Waals surface area contributed by atoms with Crippen LogP contribution in [0.15, 0.2) is 18.2 Å². The highest BCUT2D eigenvalue weighted by Crippen LogP contribution is 2.56. The van der Waals surface area contributed by atoms with Gasteiger partial charge in [0.1, 0.15) is 6.79 Å². The van der Waals surface area contributed by atoms with Crippen LogP contribution in [0.5, 0.6) is 0 Å². The Bertz CT molecular complexity index is 1010. The molecule has 42 heavy (non-hydrogen) atoms.